The summed E-state index contributed by atoms with van der Waals surface area (Å²) in [6.45, 7) is 3.30. The van der Waals surface area contributed by atoms with Crippen LogP contribution in [0.25, 0.3) is 0 Å². The smallest absolute Gasteiger partial charge is 0.325 e. The van der Waals surface area contributed by atoms with Crippen molar-refractivity contribution in [1.82, 2.24) is 5.48 Å². The number of rotatable bonds is 7. The maximum absolute atomic E-state index is 11.5. The molecule has 0 saturated carbocycles. The van der Waals surface area contributed by atoms with Crippen molar-refractivity contribution in [3.05, 3.63) is 35.9 Å². The van der Waals surface area contributed by atoms with Crippen LogP contribution < -0.4 is 5.48 Å². The van der Waals surface area contributed by atoms with Crippen LogP contribution in [0, 0.1) is 0 Å². The molecule has 1 aliphatic heterocycles. The van der Waals surface area contributed by atoms with E-state index in [4.69, 9.17) is 14.3 Å². The third-order valence-corrected chi connectivity index (χ3v) is 3.13. The van der Waals surface area contributed by atoms with E-state index in [9.17, 15) is 4.79 Å². The molecule has 110 valence electrons. The van der Waals surface area contributed by atoms with Gasteiger partial charge in [-0.05, 0) is 18.9 Å². The van der Waals surface area contributed by atoms with E-state index in [-0.39, 0.29) is 18.1 Å². The highest BCUT2D eigenvalue weighted by Crippen LogP contribution is 2.12. The van der Waals surface area contributed by atoms with Crippen LogP contribution in [0.15, 0.2) is 30.3 Å². The molecule has 1 heterocycles. The minimum absolute atomic E-state index is 0.0971. The molecule has 1 saturated heterocycles. The van der Waals surface area contributed by atoms with Gasteiger partial charge in [0, 0.05) is 6.42 Å². The number of carbonyl (C=O) groups excluding carboxylic acids is 1. The topological polar surface area (TPSA) is 56.8 Å². The van der Waals surface area contributed by atoms with Crippen LogP contribution in [0.5, 0.6) is 0 Å². The fourth-order valence-electron chi connectivity index (χ4n) is 2.08. The van der Waals surface area contributed by atoms with Gasteiger partial charge in [0.25, 0.3) is 0 Å². The second kappa shape index (κ2) is 7.99. The Bertz CT molecular complexity index is 410. The van der Waals surface area contributed by atoms with E-state index in [0.29, 0.717) is 26.2 Å². The van der Waals surface area contributed by atoms with Gasteiger partial charge in [-0.1, -0.05) is 30.3 Å². The van der Waals surface area contributed by atoms with Crippen LogP contribution in [0.3, 0.4) is 0 Å². The van der Waals surface area contributed by atoms with Gasteiger partial charge in [0.05, 0.1) is 19.8 Å². The van der Waals surface area contributed by atoms with Crippen molar-refractivity contribution in [2.45, 2.75) is 31.9 Å². The van der Waals surface area contributed by atoms with Gasteiger partial charge in [0.2, 0.25) is 0 Å². The van der Waals surface area contributed by atoms with Crippen LogP contribution in [0.2, 0.25) is 0 Å². The molecule has 0 bridgehead atoms. The van der Waals surface area contributed by atoms with E-state index in [0.717, 1.165) is 6.42 Å². The molecule has 2 atom stereocenters. The lowest BCUT2D eigenvalue weighted by molar-refractivity contribution is -0.146. The number of benzene rings is 1. The first kappa shape index (κ1) is 15.0. The maximum atomic E-state index is 11.5. The number of esters is 1. The number of hydroxylamine groups is 1. The second-order valence-electron chi connectivity index (χ2n) is 4.71. The van der Waals surface area contributed by atoms with E-state index >= 15 is 0 Å². The van der Waals surface area contributed by atoms with Crippen LogP contribution >= 0.6 is 0 Å². The van der Waals surface area contributed by atoms with Crippen LogP contribution in [-0.2, 0) is 25.5 Å². The molecular formula is C15H21NO4. The van der Waals surface area contributed by atoms with E-state index in [1.807, 2.05) is 18.2 Å². The summed E-state index contributed by atoms with van der Waals surface area (Å²) < 4.78 is 10.5. The first-order chi connectivity index (χ1) is 9.79. The zero-order valence-electron chi connectivity index (χ0n) is 11.7. The standard InChI is InChI=1S/C15H21NO4/c1-2-19-15(17)14-10-13(20-16-14)11-18-9-8-12-6-4-3-5-7-12/h3-7,13-14,16H,2,8-11H2,1H3. The van der Waals surface area contributed by atoms with Crippen LogP contribution in [-0.4, -0.2) is 37.9 Å². The number of hydrogen-bond acceptors (Lipinski definition) is 5. The highest BCUT2D eigenvalue weighted by atomic mass is 16.7. The van der Waals surface area contributed by atoms with Gasteiger partial charge in [-0.15, -0.1) is 0 Å². The summed E-state index contributed by atoms with van der Waals surface area (Å²) in [6, 6.07) is 9.81. The molecule has 0 aliphatic carbocycles. The minimum Gasteiger partial charge on any atom is -0.465 e. The number of nitrogens with one attached hydrogen (secondary N) is 1. The minimum atomic E-state index is -0.377. The molecule has 5 nitrogen and oxygen atoms in total. The molecule has 2 rings (SSSR count). The molecule has 0 amide bonds. The van der Waals surface area contributed by atoms with Gasteiger partial charge in [0.1, 0.15) is 12.1 Å². The van der Waals surface area contributed by atoms with E-state index in [1.54, 1.807) is 6.92 Å². The summed E-state index contributed by atoms with van der Waals surface area (Å²) in [5, 5.41) is 0. The largest absolute Gasteiger partial charge is 0.465 e. The highest BCUT2D eigenvalue weighted by Gasteiger charge is 2.31. The molecule has 5 heteroatoms. The molecule has 0 radical (unpaired) electrons. The van der Waals surface area contributed by atoms with E-state index < -0.39 is 0 Å². The number of carbonyl (C=O) groups is 1. The number of ether oxygens (including phenoxy) is 2. The van der Waals surface area contributed by atoms with E-state index in [1.165, 1.54) is 5.56 Å². The zero-order chi connectivity index (χ0) is 14.2. The third kappa shape index (κ3) is 4.59. The average molecular weight is 279 g/mol. The quantitative estimate of drug-likeness (QED) is 0.605. The second-order valence-corrected chi connectivity index (χ2v) is 4.71. The van der Waals surface area contributed by atoms with Crippen molar-refractivity contribution < 1.29 is 19.1 Å². The fourth-order valence-corrected chi connectivity index (χ4v) is 2.08. The van der Waals surface area contributed by atoms with E-state index in [2.05, 4.69) is 17.6 Å². The molecule has 2 unspecified atom stereocenters. The monoisotopic (exact) mass is 279 g/mol. The van der Waals surface area contributed by atoms with Gasteiger partial charge in [-0.25, -0.2) is 0 Å². The zero-order valence-corrected chi connectivity index (χ0v) is 11.7. The average Bonchev–Trinajstić information content (AvgIpc) is 2.94. The maximum Gasteiger partial charge on any atom is 0.325 e. The normalized spacial score (nSPS) is 21.9. The van der Waals surface area contributed by atoms with Crippen molar-refractivity contribution in [3.8, 4) is 0 Å². The molecular weight excluding hydrogens is 258 g/mol. The first-order valence-electron chi connectivity index (χ1n) is 6.99. The highest BCUT2D eigenvalue weighted by molar-refractivity contribution is 5.75. The number of hydrogen-bond donors (Lipinski definition) is 1. The van der Waals surface area contributed by atoms with Gasteiger partial charge in [0.15, 0.2) is 0 Å². The Hall–Kier alpha value is -1.43. The van der Waals surface area contributed by atoms with Gasteiger partial charge in [-0.2, -0.15) is 5.48 Å². The summed E-state index contributed by atoms with van der Waals surface area (Å²) in [4.78, 5) is 16.8. The summed E-state index contributed by atoms with van der Waals surface area (Å²) in [7, 11) is 0. The van der Waals surface area contributed by atoms with Crippen molar-refractivity contribution in [3.63, 3.8) is 0 Å². The lowest BCUT2D eigenvalue weighted by Crippen LogP contribution is -2.31. The summed E-state index contributed by atoms with van der Waals surface area (Å²) in [5.41, 5.74) is 3.95. The lowest BCUT2D eigenvalue weighted by atomic mass is 10.1. The molecule has 1 aromatic carbocycles. The van der Waals surface area contributed by atoms with Gasteiger partial charge >= 0.3 is 5.97 Å². The van der Waals surface area contributed by atoms with Crippen molar-refractivity contribution in [2.24, 2.45) is 0 Å². The lowest BCUT2D eigenvalue weighted by Gasteiger charge is -2.09. The fraction of sp³-hybridized carbons (Fsp3) is 0.533. The van der Waals surface area contributed by atoms with Crippen molar-refractivity contribution in [1.29, 1.82) is 0 Å². The molecule has 20 heavy (non-hydrogen) atoms. The van der Waals surface area contributed by atoms with Gasteiger partial charge in [-0.3, -0.25) is 9.63 Å². The Morgan fingerprint density at radius 2 is 2.20 bits per heavy atom. The van der Waals surface area contributed by atoms with Crippen LogP contribution in [0.4, 0.5) is 0 Å². The molecule has 1 fully saturated rings. The molecule has 1 N–H and O–H groups in total. The molecule has 1 aliphatic rings. The summed E-state index contributed by atoms with van der Waals surface area (Å²) in [6.07, 6.45) is 1.37. The Morgan fingerprint density at radius 1 is 1.40 bits per heavy atom. The SMILES string of the molecule is CCOC(=O)C1CC(COCCc2ccccc2)ON1. The first-order valence-corrected chi connectivity index (χ1v) is 6.99. The Balaban J connectivity index is 1.60. The third-order valence-electron chi connectivity index (χ3n) is 3.13. The summed E-state index contributed by atoms with van der Waals surface area (Å²) >= 11 is 0. The Labute approximate surface area is 119 Å². The van der Waals surface area contributed by atoms with Crippen molar-refractivity contribution >= 4 is 5.97 Å². The molecule has 1 aromatic rings. The Morgan fingerprint density at radius 3 is 2.95 bits per heavy atom. The van der Waals surface area contributed by atoms with Crippen molar-refractivity contribution in [2.75, 3.05) is 19.8 Å². The van der Waals surface area contributed by atoms with Crippen LogP contribution in [0.1, 0.15) is 18.9 Å². The predicted octanol–water partition coefficient (Wildman–Crippen LogP) is 1.47. The van der Waals surface area contributed by atoms with Gasteiger partial charge < -0.3 is 9.47 Å². The predicted molar refractivity (Wildman–Crippen MR) is 74.0 cm³/mol. The molecule has 0 aromatic heterocycles. The Kier molecular flexibility index (Phi) is 5.98. The molecule has 0 spiro atoms. The summed E-state index contributed by atoms with van der Waals surface area (Å²) in [5.74, 6) is -0.265.